The second-order valence-corrected chi connectivity index (χ2v) is 11.6. The van der Waals surface area contributed by atoms with E-state index in [4.69, 9.17) is 25.8 Å². The lowest BCUT2D eigenvalue weighted by Gasteiger charge is -2.54. The van der Waals surface area contributed by atoms with Gasteiger partial charge < -0.3 is 24.6 Å². The van der Waals surface area contributed by atoms with Gasteiger partial charge in [-0.3, -0.25) is 4.79 Å². The highest BCUT2D eigenvalue weighted by Crippen LogP contribution is 2.56. The number of ether oxygens (including phenoxy) is 3. The Kier molecular flexibility index (Phi) is 8.08. The van der Waals surface area contributed by atoms with Gasteiger partial charge in [0.15, 0.2) is 0 Å². The van der Waals surface area contributed by atoms with Crippen LogP contribution in [0.15, 0.2) is 42.9 Å². The largest absolute Gasteiger partial charge is 0.489 e. The molecule has 1 aromatic rings. The fraction of sp³-hybridized carbons (Fsp3) is 0.621. The third kappa shape index (κ3) is 5.76. The molecular formula is C29H40ClNO5. The lowest BCUT2D eigenvalue weighted by Crippen LogP contribution is -2.57. The molecular weight excluding hydrogens is 478 g/mol. The number of hydrogen-bond acceptors (Lipinski definition) is 5. The van der Waals surface area contributed by atoms with Crippen LogP contribution in [-0.2, 0) is 14.3 Å². The third-order valence-electron chi connectivity index (χ3n) is 8.66. The number of benzene rings is 1. The number of allylic oxidation sites excluding steroid dienone is 2. The van der Waals surface area contributed by atoms with Crippen LogP contribution >= 0.6 is 11.6 Å². The zero-order valence-corrected chi connectivity index (χ0v) is 22.5. The van der Waals surface area contributed by atoms with Gasteiger partial charge in [0.1, 0.15) is 17.6 Å². The van der Waals surface area contributed by atoms with Crippen LogP contribution in [-0.4, -0.2) is 35.9 Å². The lowest BCUT2D eigenvalue weighted by atomic mass is 9.56. The maximum Gasteiger partial charge on any atom is 0.224 e. The number of methoxy groups -OCH3 is 1. The SMILES string of the molecule is C=C(OC(=C)C12CCC(NC(=O)C[C@H]3C[C@@H](O)c4cc(Cl)ccc4O3)(CC1)CC2)[C@H](C)C[C@H](C)OC. The van der Waals surface area contributed by atoms with Crippen LogP contribution in [0.4, 0.5) is 0 Å². The van der Waals surface area contributed by atoms with E-state index in [1.54, 1.807) is 25.3 Å². The molecule has 5 rings (SSSR count). The summed E-state index contributed by atoms with van der Waals surface area (Å²) >= 11 is 6.04. The number of aliphatic hydroxyl groups excluding tert-OH is 1. The molecule has 4 aliphatic rings. The number of halogens is 1. The summed E-state index contributed by atoms with van der Waals surface area (Å²) in [6, 6.07) is 5.22. The molecule has 2 N–H and O–H groups in total. The first-order valence-electron chi connectivity index (χ1n) is 13.1. The Labute approximate surface area is 220 Å². The highest BCUT2D eigenvalue weighted by atomic mass is 35.5. The van der Waals surface area contributed by atoms with Gasteiger partial charge in [0.2, 0.25) is 5.91 Å². The second kappa shape index (κ2) is 10.8. The van der Waals surface area contributed by atoms with Crippen molar-refractivity contribution in [1.29, 1.82) is 0 Å². The number of carbonyl (C=O) groups excluding carboxylic acids is 1. The maximum atomic E-state index is 13.0. The van der Waals surface area contributed by atoms with Gasteiger partial charge in [-0.15, -0.1) is 0 Å². The molecule has 198 valence electrons. The van der Waals surface area contributed by atoms with Crippen LogP contribution in [0.25, 0.3) is 0 Å². The van der Waals surface area contributed by atoms with E-state index in [-0.39, 0.29) is 41.4 Å². The van der Waals surface area contributed by atoms with Crippen LogP contribution in [0.3, 0.4) is 0 Å². The summed E-state index contributed by atoms with van der Waals surface area (Å²) in [6.07, 6.45) is 6.07. The summed E-state index contributed by atoms with van der Waals surface area (Å²) in [5.41, 5.74) is 0.445. The molecule has 1 aliphatic heterocycles. The molecule has 1 amide bonds. The van der Waals surface area contributed by atoms with Crippen LogP contribution in [0.2, 0.25) is 5.02 Å². The summed E-state index contributed by atoms with van der Waals surface area (Å²) in [4.78, 5) is 13.0. The van der Waals surface area contributed by atoms with Crippen molar-refractivity contribution >= 4 is 17.5 Å². The molecule has 4 atom stereocenters. The molecule has 0 spiro atoms. The number of hydrogen-bond donors (Lipinski definition) is 2. The predicted molar refractivity (Wildman–Crippen MR) is 141 cm³/mol. The number of amides is 1. The number of aliphatic hydroxyl groups is 1. The molecule has 3 saturated carbocycles. The first kappa shape index (κ1) is 27.0. The summed E-state index contributed by atoms with van der Waals surface area (Å²) in [5, 5.41) is 14.4. The van der Waals surface area contributed by atoms with E-state index >= 15 is 0 Å². The van der Waals surface area contributed by atoms with Crippen molar-refractivity contribution in [2.75, 3.05) is 7.11 Å². The minimum Gasteiger partial charge on any atom is -0.489 e. The molecule has 3 fully saturated rings. The van der Waals surface area contributed by atoms with E-state index < -0.39 is 6.10 Å². The molecule has 0 radical (unpaired) electrons. The Bertz CT molecular complexity index is 983. The van der Waals surface area contributed by atoms with Gasteiger partial charge in [-0.1, -0.05) is 31.7 Å². The Morgan fingerprint density at radius 2 is 1.89 bits per heavy atom. The average Bonchev–Trinajstić information content (AvgIpc) is 2.85. The van der Waals surface area contributed by atoms with Gasteiger partial charge in [0.25, 0.3) is 0 Å². The van der Waals surface area contributed by atoms with Gasteiger partial charge in [0, 0.05) is 41.0 Å². The van der Waals surface area contributed by atoms with E-state index in [0.717, 1.165) is 56.5 Å². The molecule has 0 aromatic heterocycles. The molecule has 1 aromatic carbocycles. The Balaban J connectivity index is 1.28. The van der Waals surface area contributed by atoms with Crippen molar-refractivity contribution in [2.24, 2.45) is 11.3 Å². The summed E-state index contributed by atoms with van der Waals surface area (Å²) in [6.45, 7) is 12.6. The first-order valence-corrected chi connectivity index (χ1v) is 13.5. The fourth-order valence-electron chi connectivity index (χ4n) is 6.05. The predicted octanol–water partition coefficient (Wildman–Crippen LogP) is 6.23. The zero-order valence-electron chi connectivity index (χ0n) is 21.8. The second-order valence-electron chi connectivity index (χ2n) is 11.2. The molecule has 1 heterocycles. The van der Waals surface area contributed by atoms with Crippen LogP contribution < -0.4 is 10.1 Å². The van der Waals surface area contributed by atoms with Gasteiger partial charge >= 0.3 is 0 Å². The fourth-order valence-corrected chi connectivity index (χ4v) is 6.23. The summed E-state index contributed by atoms with van der Waals surface area (Å²) in [7, 11) is 1.72. The van der Waals surface area contributed by atoms with Crippen molar-refractivity contribution < 1.29 is 24.1 Å². The van der Waals surface area contributed by atoms with E-state index in [2.05, 4.69) is 25.4 Å². The average molecular weight is 518 g/mol. The van der Waals surface area contributed by atoms with Crippen LogP contribution in [0.5, 0.6) is 5.75 Å². The molecule has 6 nitrogen and oxygen atoms in total. The number of fused-ring (bicyclic) bond motifs is 4. The van der Waals surface area contributed by atoms with Gasteiger partial charge in [-0.25, -0.2) is 0 Å². The minimum absolute atomic E-state index is 0.0245. The van der Waals surface area contributed by atoms with E-state index in [1.807, 2.05) is 6.92 Å². The normalized spacial score (nSPS) is 30.5. The van der Waals surface area contributed by atoms with Crippen LogP contribution in [0, 0.1) is 11.3 Å². The summed E-state index contributed by atoms with van der Waals surface area (Å²) in [5.74, 6) is 2.31. The zero-order chi connectivity index (χ0) is 26.1. The van der Waals surface area contributed by atoms with Crippen molar-refractivity contribution in [3.8, 4) is 5.75 Å². The van der Waals surface area contributed by atoms with Gasteiger partial charge in [-0.2, -0.15) is 0 Å². The van der Waals surface area contributed by atoms with E-state index in [0.29, 0.717) is 22.8 Å². The van der Waals surface area contributed by atoms with Crippen molar-refractivity contribution in [2.45, 2.75) is 95.5 Å². The standard InChI is InChI=1S/C29H40ClNO5/c1-18(14-19(2)34-5)20(3)35-21(4)28-8-11-29(12-9-28,13-10-28)31-27(33)17-23-16-25(32)24-15-22(30)6-7-26(24)36-23/h6-7,15,18-19,23,25,32H,3-4,8-14,16-17H2,1-2,5H3,(H,31,33)/t18-,19+,23-,25-,28?,29?/m1/s1. The molecule has 2 bridgehead atoms. The van der Waals surface area contributed by atoms with E-state index in [9.17, 15) is 9.90 Å². The molecule has 0 unspecified atom stereocenters. The quantitative estimate of drug-likeness (QED) is 0.360. The summed E-state index contributed by atoms with van der Waals surface area (Å²) < 4.78 is 17.6. The Morgan fingerprint density at radius 3 is 2.53 bits per heavy atom. The van der Waals surface area contributed by atoms with Crippen molar-refractivity contribution in [1.82, 2.24) is 5.32 Å². The molecule has 3 aliphatic carbocycles. The first-order chi connectivity index (χ1) is 17.0. The Hall–Kier alpha value is -2.02. The third-order valence-corrected chi connectivity index (χ3v) is 8.89. The van der Waals surface area contributed by atoms with Crippen molar-refractivity contribution in [3.05, 3.63) is 53.5 Å². The molecule has 0 saturated heterocycles. The lowest BCUT2D eigenvalue weighted by molar-refractivity contribution is -0.127. The van der Waals surface area contributed by atoms with Gasteiger partial charge in [0.05, 0.1) is 24.4 Å². The molecule has 36 heavy (non-hydrogen) atoms. The highest BCUT2D eigenvalue weighted by Gasteiger charge is 2.51. The molecule has 7 heteroatoms. The number of nitrogens with one attached hydrogen (secondary N) is 1. The van der Waals surface area contributed by atoms with Gasteiger partial charge in [-0.05, 0) is 70.1 Å². The Morgan fingerprint density at radius 1 is 1.22 bits per heavy atom. The van der Waals surface area contributed by atoms with Crippen LogP contribution in [0.1, 0.15) is 83.3 Å². The smallest absolute Gasteiger partial charge is 0.224 e. The highest BCUT2D eigenvalue weighted by molar-refractivity contribution is 6.30. The topological polar surface area (TPSA) is 77.0 Å². The number of carbonyl (C=O) groups is 1. The van der Waals surface area contributed by atoms with E-state index in [1.165, 1.54) is 0 Å². The number of rotatable bonds is 10. The monoisotopic (exact) mass is 517 g/mol. The maximum absolute atomic E-state index is 13.0. The minimum atomic E-state index is -0.686. The van der Waals surface area contributed by atoms with Crippen molar-refractivity contribution in [3.63, 3.8) is 0 Å².